The second-order valence-corrected chi connectivity index (χ2v) is 6.61. The summed E-state index contributed by atoms with van der Waals surface area (Å²) in [6, 6.07) is 28.3. The average molecular weight is 300 g/mol. The molecule has 116 valence electrons. The van der Waals surface area contributed by atoms with Gasteiger partial charge in [0.2, 0.25) is 0 Å². The summed E-state index contributed by atoms with van der Waals surface area (Å²) in [6.07, 6.45) is 1.01. The quantitative estimate of drug-likeness (QED) is 0.567. The van der Waals surface area contributed by atoms with Gasteiger partial charge in [0.05, 0.1) is 0 Å². The monoisotopic (exact) mass is 300 g/mol. The van der Waals surface area contributed by atoms with Gasteiger partial charge in [-0.2, -0.15) is 0 Å². The third-order valence-corrected chi connectivity index (χ3v) is 5.00. The van der Waals surface area contributed by atoms with Crippen molar-refractivity contribution >= 4 is 0 Å². The summed E-state index contributed by atoms with van der Waals surface area (Å²) in [5.74, 6) is 0. The van der Waals surface area contributed by atoms with E-state index in [0.717, 1.165) is 6.42 Å². The Hall–Kier alpha value is -2.34. The van der Waals surface area contributed by atoms with E-state index < -0.39 is 0 Å². The summed E-state index contributed by atoms with van der Waals surface area (Å²) in [5.41, 5.74) is 6.93. The van der Waals surface area contributed by atoms with Crippen molar-refractivity contribution in [2.75, 3.05) is 0 Å². The lowest BCUT2D eigenvalue weighted by atomic mass is 9.71. The smallest absolute Gasteiger partial charge is 0.0215 e. The molecule has 0 nitrogen and oxygen atoms in total. The number of hydrogen-bond donors (Lipinski definition) is 0. The van der Waals surface area contributed by atoms with Crippen LogP contribution < -0.4 is 0 Å². The summed E-state index contributed by atoms with van der Waals surface area (Å²) in [4.78, 5) is 0. The second-order valence-electron chi connectivity index (χ2n) is 6.61. The van der Waals surface area contributed by atoms with Gasteiger partial charge in [-0.25, -0.2) is 0 Å². The van der Waals surface area contributed by atoms with E-state index in [-0.39, 0.29) is 5.41 Å². The predicted octanol–water partition coefficient (Wildman–Crippen LogP) is 5.85. The topological polar surface area (TPSA) is 0 Å². The molecule has 0 saturated heterocycles. The van der Waals surface area contributed by atoms with Gasteiger partial charge in [0.25, 0.3) is 0 Å². The van der Waals surface area contributed by atoms with E-state index in [2.05, 4.69) is 99.6 Å². The van der Waals surface area contributed by atoms with E-state index >= 15 is 0 Å². The maximum absolute atomic E-state index is 2.36. The molecule has 0 aliphatic carbocycles. The summed E-state index contributed by atoms with van der Waals surface area (Å²) in [6.45, 7) is 6.81. The van der Waals surface area contributed by atoms with Crippen LogP contribution >= 0.6 is 0 Å². The van der Waals surface area contributed by atoms with Crippen molar-refractivity contribution in [2.24, 2.45) is 0 Å². The molecule has 3 aromatic rings. The molecule has 0 fully saturated rings. The predicted molar refractivity (Wildman–Crippen MR) is 99.0 cm³/mol. The van der Waals surface area contributed by atoms with Gasteiger partial charge < -0.3 is 0 Å². The number of benzene rings is 3. The maximum Gasteiger partial charge on any atom is 0.0215 e. The Morgan fingerprint density at radius 1 is 0.609 bits per heavy atom. The molecule has 3 aromatic carbocycles. The average Bonchev–Trinajstić information content (AvgIpc) is 2.60. The zero-order chi connectivity index (χ0) is 16.3. The molecule has 0 unspecified atom stereocenters. The van der Waals surface area contributed by atoms with Crippen LogP contribution in [0.4, 0.5) is 0 Å². The number of rotatable bonds is 4. The Balaban J connectivity index is 2.14. The molecule has 0 N–H and O–H groups in total. The van der Waals surface area contributed by atoms with Crippen LogP contribution in [-0.2, 0) is 11.8 Å². The van der Waals surface area contributed by atoms with E-state index in [1.807, 2.05) is 0 Å². The highest BCUT2D eigenvalue weighted by Gasteiger charge is 2.30. The van der Waals surface area contributed by atoms with Crippen LogP contribution in [0.15, 0.2) is 78.9 Å². The Labute approximate surface area is 139 Å². The van der Waals surface area contributed by atoms with Crippen molar-refractivity contribution in [3.63, 3.8) is 0 Å². The van der Waals surface area contributed by atoms with Crippen LogP contribution in [0.3, 0.4) is 0 Å². The van der Waals surface area contributed by atoms with E-state index in [9.17, 15) is 0 Å². The van der Waals surface area contributed by atoms with Crippen LogP contribution in [0.1, 0.15) is 34.7 Å². The molecular formula is C23H24. The fourth-order valence-corrected chi connectivity index (χ4v) is 3.46. The van der Waals surface area contributed by atoms with Gasteiger partial charge in [0.1, 0.15) is 0 Å². The Morgan fingerprint density at radius 3 is 1.48 bits per heavy atom. The fraction of sp³-hybridized carbons (Fsp3) is 0.217. The minimum absolute atomic E-state index is 0.0284. The Bertz CT molecular complexity index is 710. The molecule has 0 aliphatic rings. The van der Waals surface area contributed by atoms with Gasteiger partial charge in [0.15, 0.2) is 0 Å². The molecule has 23 heavy (non-hydrogen) atoms. The van der Waals surface area contributed by atoms with Crippen LogP contribution in [0.5, 0.6) is 0 Å². The van der Waals surface area contributed by atoms with E-state index in [1.165, 1.54) is 27.8 Å². The van der Waals surface area contributed by atoms with Gasteiger partial charge in [-0.3, -0.25) is 0 Å². The molecule has 0 spiro atoms. The van der Waals surface area contributed by atoms with Crippen LogP contribution in [0.2, 0.25) is 0 Å². The standard InChI is InChI=1S/C23H24/c1-18-11-10-12-19(2)22(18)17-23(3,20-13-6-4-7-14-20)21-15-8-5-9-16-21/h4-16H,17H2,1-3H3. The molecule has 3 rings (SSSR count). The maximum atomic E-state index is 2.36. The van der Waals surface area contributed by atoms with Crippen LogP contribution in [-0.4, -0.2) is 0 Å². The second kappa shape index (κ2) is 6.42. The SMILES string of the molecule is Cc1cccc(C)c1CC(C)(c1ccccc1)c1ccccc1. The van der Waals surface area contributed by atoms with Gasteiger partial charge in [-0.15, -0.1) is 0 Å². The first kappa shape index (κ1) is 15.6. The Morgan fingerprint density at radius 2 is 1.04 bits per heavy atom. The first-order valence-corrected chi connectivity index (χ1v) is 8.27. The van der Waals surface area contributed by atoms with Gasteiger partial charge in [-0.05, 0) is 48.1 Å². The molecular weight excluding hydrogens is 276 g/mol. The molecule has 0 bridgehead atoms. The van der Waals surface area contributed by atoms with Gasteiger partial charge in [0, 0.05) is 5.41 Å². The minimum atomic E-state index is -0.0284. The third kappa shape index (κ3) is 3.07. The van der Waals surface area contributed by atoms with Crippen molar-refractivity contribution in [3.05, 3.63) is 107 Å². The molecule has 0 saturated carbocycles. The van der Waals surface area contributed by atoms with Crippen molar-refractivity contribution < 1.29 is 0 Å². The van der Waals surface area contributed by atoms with Crippen molar-refractivity contribution in [1.82, 2.24) is 0 Å². The summed E-state index contributed by atoms with van der Waals surface area (Å²) in [7, 11) is 0. The summed E-state index contributed by atoms with van der Waals surface area (Å²) >= 11 is 0. The summed E-state index contributed by atoms with van der Waals surface area (Å²) in [5, 5.41) is 0. The lowest BCUT2D eigenvalue weighted by molar-refractivity contribution is 0.564. The first-order valence-electron chi connectivity index (χ1n) is 8.27. The zero-order valence-electron chi connectivity index (χ0n) is 14.2. The molecule has 0 heteroatoms. The normalized spacial score (nSPS) is 11.4. The molecule has 0 aromatic heterocycles. The molecule has 0 heterocycles. The van der Waals surface area contributed by atoms with Crippen molar-refractivity contribution in [3.8, 4) is 0 Å². The number of aryl methyl sites for hydroxylation is 2. The number of hydrogen-bond acceptors (Lipinski definition) is 0. The highest BCUT2D eigenvalue weighted by molar-refractivity contribution is 5.44. The largest absolute Gasteiger partial charge is 0.0622 e. The molecule has 0 aliphatic heterocycles. The van der Waals surface area contributed by atoms with Crippen molar-refractivity contribution in [2.45, 2.75) is 32.6 Å². The third-order valence-electron chi connectivity index (χ3n) is 5.00. The molecule has 0 atom stereocenters. The minimum Gasteiger partial charge on any atom is -0.0622 e. The highest BCUT2D eigenvalue weighted by atomic mass is 14.3. The van der Waals surface area contributed by atoms with Gasteiger partial charge >= 0.3 is 0 Å². The highest BCUT2D eigenvalue weighted by Crippen LogP contribution is 2.36. The van der Waals surface area contributed by atoms with Crippen LogP contribution in [0, 0.1) is 13.8 Å². The van der Waals surface area contributed by atoms with E-state index in [0.29, 0.717) is 0 Å². The van der Waals surface area contributed by atoms with Crippen LogP contribution in [0.25, 0.3) is 0 Å². The fourth-order valence-electron chi connectivity index (χ4n) is 3.46. The van der Waals surface area contributed by atoms with E-state index in [1.54, 1.807) is 0 Å². The Kier molecular flexibility index (Phi) is 4.34. The molecule has 0 amide bonds. The lowest BCUT2D eigenvalue weighted by Crippen LogP contribution is -2.27. The van der Waals surface area contributed by atoms with Crippen molar-refractivity contribution in [1.29, 1.82) is 0 Å². The first-order chi connectivity index (χ1) is 11.1. The lowest BCUT2D eigenvalue weighted by Gasteiger charge is -2.32. The van der Waals surface area contributed by atoms with Gasteiger partial charge in [-0.1, -0.05) is 85.8 Å². The molecule has 0 radical (unpaired) electrons. The summed E-state index contributed by atoms with van der Waals surface area (Å²) < 4.78 is 0. The van der Waals surface area contributed by atoms with E-state index in [4.69, 9.17) is 0 Å². The zero-order valence-corrected chi connectivity index (χ0v) is 14.2.